The largest absolute Gasteiger partial charge is 0.388 e. The number of hydrogen-bond donors (Lipinski definition) is 2. The molecular formula is C9H12F2N4OS. The molecule has 0 aromatic carbocycles. The van der Waals surface area contributed by atoms with Crippen molar-refractivity contribution in [2.45, 2.75) is 6.43 Å². The van der Waals surface area contributed by atoms with Gasteiger partial charge in [-0.2, -0.15) is 0 Å². The van der Waals surface area contributed by atoms with Gasteiger partial charge in [0, 0.05) is 18.9 Å². The van der Waals surface area contributed by atoms with Crippen LogP contribution in [-0.4, -0.2) is 41.1 Å². The zero-order chi connectivity index (χ0) is 12.7. The summed E-state index contributed by atoms with van der Waals surface area (Å²) in [5, 5.41) is 2.86. The van der Waals surface area contributed by atoms with E-state index in [1.807, 2.05) is 0 Å². The highest BCUT2D eigenvalue weighted by Gasteiger charge is 2.07. The van der Waals surface area contributed by atoms with Crippen LogP contribution in [-0.2, 0) is 4.74 Å². The van der Waals surface area contributed by atoms with Gasteiger partial charge in [-0.05, 0) is 0 Å². The Labute approximate surface area is 102 Å². The van der Waals surface area contributed by atoms with E-state index in [0.29, 0.717) is 18.1 Å². The van der Waals surface area contributed by atoms with Crippen LogP contribution < -0.4 is 11.1 Å². The smallest absolute Gasteiger partial charge is 0.261 e. The van der Waals surface area contributed by atoms with Gasteiger partial charge in [0.05, 0.1) is 6.61 Å². The molecule has 8 heteroatoms. The first-order valence-corrected chi connectivity index (χ1v) is 5.22. The molecule has 0 unspecified atom stereocenters. The summed E-state index contributed by atoms with van der Waals surface area (Å²) in [7, 11) is 0. The van der Waals surface area contributed by atoms with Gasteiger partial charge in [0.15, 0.2) is 5.82 Å². The number of halogens is 2. The molecule has 1 heterocycles. The van der Waals surface area contributed by atoms with E-state index in [2.05, 4.69) is 15.3 Å². The van der Waals surface area contributed by atoms with Gasteiger partial charge in [-0.1, -0.05) is 12.2 Å². The Kier molecular flexibility index (Phi) is 5.64. The molecule has 5 nitrogen and oxygen atoms in total. The van der Waals surface area contributed by atoms with E-state index in [9.17, 15) is 8.78 Å². The van der Waals surface area contributed by atoms with Crippen molar-refractivity contribution in [2.75, 3.05) is 25.1 Å². The summed E-state index contributed by atoms with van der Waals surface area (Å²) in [5.74, 6) is 0.417. The maximum absolute atomic E-state index is 11.8. The van der Waals surface area contributed by atoms with Crippen molar-refractivity contribution < 1.29 is 13.5 Å². The van der Waals surface area contributed by atoms with E-state index in [4.69, 9.17) is 22.7 Å². The highest BCUT2D eigenvalue weighted by Crippen LogP contribution is 2.07. The Bertz CT molecular complexity index is 378. The highest BCUT2D eigenvalue weighted by atomic mass is 32.1. The fourth-order valence-electron chi connectivity index (χ4n) is 1.06. The normalized spacial score (nSPS) is 10.5. The molecule has 0 saturated carbocycles. The maximum Gasteiger partial charge on any atom is 0.261 e. The van der Waals surface area contributed by atoms with E-state index in [0.717, 1.165) is 0 Å². The standard InChI is InChI=1S/C9H12F2N4OS/c10-6(11)5-16-4-3-15-9-7(8(12)17)13-1-2-14-9/h1-2,6H,3-5H2,(H2,12,17)(H,14,15). The van der Waals surface area contributed by atoms with E-state index in [1.165, 1.54) is 12.4 Å². The van der Waals surface area contributed by atoms with Crippen LogP contribution in [0.15, 0.2) is 12.4 Å². The van der Waals surface area contributed by atoms with Gasteiger partial charge in [0.25, 0.3) is 6.43 Å². The Morgan fingerprint density at radius 2 is 2.18 bits per heavy atom. The molecule has 0 spiro atoms. The number of anilines is 1. The van der Waals surface area contributed by atoms with E-state index in [1.54, 1.807) is 0 Å². The predicted octanol–water partition coefficient (Wildman–Crippen LogP) is 0.804. The molecule has 0 aliphatic heterocycles. The van der Waals surface area contributed by atoms with Gasteiger partial charge in [-0.3, -0.25) is 0 Å². The lowest BCUT2D eigenvalue weighted by molar-refractivity contribution is 0.0215. The fraction of sp³-hybridized carbons (Fsp3) is 0.444. The zero-order valence-electron chi connectivity index (χ0n) is 8.90. The zero-order valence-corrected chi connectivity index (χ0v) is 9.71. The Balaban J connectivity index is 2.39. The van der Waals surface area contributed by atoms with Crippen molar-refractivity contribution in [2.24, 2.45) is 5.73 Å². The summed E-state index contributed by atoms with van der Waals surface area (Å²) in [5.41, 5.74) is 5.81. The minimum Gasteiger partial charge on any atom is -0.388 e. The average molecular weight is 262 g/mol. The van der Waals surface area contributed by atoms with Gasteiger partial charge >= 0.3 is 0 Å². The molecule has 0 aliphatic rings. The summed E-state index contributed by atoms with van der Waals surface area (Å²) < 4.78 is 28.2. The van der Waals surface area contributed by atoms with Crippen LogP contribution in [0.2, 0.25) is 0 Å². The molecule has 0 fully saturated rings. The first kappa shape index (κ1) is 13.7. The number of aromatic nitrogens is 2. The molecule has 0 aliphatic carbocycles. The molecule has 0 saturated heterocycles. The summed E-state index contributed by atoms with van der Waals surface area (Å²) in [6.07, 6.45) is 0.482. The van der Waals surface area contributed by atoms with Crippen molar-refractivity contribution in [3.8, 4) is 0 Å². The number of thiocarbonyl (C=S) groups is 1. The topological polar surface area (TPSA) is 73.1 Å². The molecular weight excluding hydrogens is 250 g/mol. The Morgan fingerprint density at radius 1 is 1.47 bits per heavy atom. The van der Waals surface area contributed by atoms with Crippen LogP contribution in [0.4, 0.5) is 14.6 Å². The number of nitrogens with two attached hydrogens (primary N) is 1. The van der Waals surface area contributed by atoms with Gasteiger partial charge < -0.3 is 15.8 Å². The van der Waals surface area contributed by atoms with E-state index in [-0.39, 0.29) is 11.6 Å². The number of alkyl halides is 2. The molecule has 1 aromatic rings. The number of ether oxygens (including phenoxy) is 1. The Morgan fingerprint density at radius 3 is 2.82 bits per heavy atom. The summed E-state index contributed by atoms with van der Waals surface area (Å²) >= 11 is 4.79. The van der Waals surface area contributed by atoms with E-state index >= 15 is 0 Å². The second kappa shape index (κ2) is 7.02. The molecule has 1 rings (SSSR count). The van der Waals surface area contributed by atoms with Crippen LogP contribution in [0.3, 0.4) is 0 Å². The van der Waals surface area contributed by atoms with Gasteiger partial charge in [-0.15, -0.1) is 0 Å². The summed E-state index contributed by atoms with van der Waals surface area (Å²) in [6.45, 7) is -0.122. The summed E-state index contributed by atoms with van der Waals surface area (Å²) in [6, 6.07) is 0. The van der Waals surface area contributed by atoms with E-state index < -0.39 is 13.0 Å². The molecule has 3 N–H and O–H groups in total. The third-order valence-corrected chi connectivity index (χ3v) is 1.91. The minimum atomic E-state index is -2.46. The van der Waals surface area contributed by atoms with Gasteiger partial charge in [-0.25, -0.2) is 18.7 Å². The SMILES string of the molecule is NC(=S)c1nccnc1NCCOCC(F)F. The molecule has 0 radical (unpaired) electrons. The first-order chi connectivity index (χ1) is 8.11. The quantitative estimate of drug-likeness (QED) is 0.559. The molecule has 0 amide bonds. The van der Waals surface area contributed by atoms with Crippen LogP contribution >= 0.6 is 12.2 Å². The second-order valence-electron chi connectivity index (χ2n) is 3.01. The number of nitrogens with one attached hydrogen (secondary N) is 1. The minimum absolute atomic E-state index is 0.120. The molecule has 0 atom stereocenters. The highest BCUT2D eigenvalue weighted by molar-refractivity contribution is 7.80. The lowest BCUT2D eigenvalue weighted by Gasteiger charge is -2.09. The molecule has 0 bridgehead atoms. The number of rotatable bonds is 7. The first-order valence-electron chi connectivity index (χ1n) is 4.82. The van der Waals surface area contributed by atoms with Crippen molar-refractivity contribution >= 4 is 23.0 Å². The number of nitrogens with zero attached hydrogens (tertiary/aromatic N) is 2. The monoisotopic (exact) mass is 262 g/mol. The summed E-state index contributed by atoms with van der Waals surface area (Å²) in [4.78, 5) is 8.06. The van der Waals surface area contributed by atoms with Crippen molar-refractivity contribution in [1.29, 1.82) is 0 Å². The average Bonchev–Trinajstić information content (AvgIpc) is 2.28. The fourth-order valence-corrected chi connectivity index (χ4v) is 1.21. The van der Waals surface area contributed by atoms with Gasteiger partial charge in [0.2, 0.25) is 0 Å². The Hall–Kier alpha value is -1.41. The lowest BCUT2D eigenvalue weighted by atomic mass is 10.4. The van der Waals surface area contributed by atoms with Crippen LogP contribution in [0.5, 0.6) is 0 Å². The predicted molar refractivity (Wildman–Crippen MR) is 63.2 cm³/mol. The van der Waals surface area contributed by atoms with Gasteiger partial charge in [0.1, 0.15) is 17.3 Å². The second-order valence-corrected chi connectivity index (χ2v) is 3.45. The molecule has 1 aromatic heterocycles. The van der Waals surface area contributed by atoms with Crippen LogP contribution in [0.1, 0.15) is 5.69 Å². The van der Waals surface area contributed by atoms with Crippen molar-refractivity contribution in [3.05, 3.63) is 18.1 Å². The third-order valence-electron chi connectivity index (χ3n) is 1.71. The maximum atomic E-state index is 11.8. The van der Waals surface area contributed by atoms with Crippen LogP contribution in [0, 0.1) is 0 Å². The van der Waals surface area contributed by atoms with Crippen molar-refractivity contribution in [1.82, 2.24) is 9.97 Å². The van der Waals surface area contributed by atoms with Crippen LogP contribution in [0.25, 0.3) is 0 Å². The van der Waals surface area contributed by atoms with Crippen molar-refractivity contribution in [3.63, 3.8) is 0 Å². The lowest BCUT2D eigenvalue weighted by Crippen LogP contribution is -2.19. The third kappa shape index (κ3) is 4.96. The molecule has 17 heavy (non-hydrogen) atoms. The molecule has 94 valence electrons. The number of hydrogen-bond acceptors (Lipinski definition) is 5.